The van der Waals surface area contributed by atoms with E-state index in [9.17, 15) is 77.6 Å². The van der Waals surface area contributed by atoms with E-state index < -0.39 is 163 Å². The van der Waals surface area contributed by atoms with Gasteiger partial charge in [-0.2, -0.15) is 0 Å². The molecular weight excluding hydrogens is 1540 g/mol. The molecule has 0 saturated heterocycles. The lowest BCUT2D eigenvalue weighted by molar-refractivity contribution is -0.137. The van der Waals surface area contributed by atoms with Gasteiger partial charge in [0.2, 0.25) is 76.8 Å². The number of para-hydroxylation sites is 1. The van der Waals surface area contributed by atoms with E-state index >= 15 is 0 Å². The third kappa shape index (κ3) is 32.7. The van der Waals surface area contributed by atoms with Gasteiger partial charge in [-0.05, 0) is 85.7 Å². The number of fused-ring (bicyclic) bond motifs is 1. The Balaban J connectivity index is 1.16. The number of aromatic amines is 4. The number of unbranched alkanes of at least 4 members (excludes halogenated alkanes) is 9. The highest BCUT2D eigenvalue weighted by molar-refractivity contribution is 6.00. The number of carbonyl (C=O) groups excluding carboxylic acids is 13. The molecule has 0 bridgehead atoms. The predicted octanol–water partition coefficient (Wildman–Crippen LogP) is 0.663. The zero-order chi connectivity index (χ0) is 86.9. The normalized spacial score (nSPS) is 14.6. The number of H-pyrrole nitrogens is 4. The maximum Gasteiger partial charge on any atom is 0.245 e. The van der Waals surface area contributed by atoms with Crippen molar-refractivity contribution >= 4 is 87.7 Å². The van der Waals surface area contributed by atoms with Crippen LogP contribution in [0.15, 0.2) is 92.3 Å². The van der Waals surface area contributed by atoms with Crippen LogP contribution in [0.5, 0.6) is 5.75 Å². The lowest BCUT2D eigenvalue weighted by Gasteiger charge is -2.29. The van der Waals surface area contributed by atoms with Crippen LogP contribution in [0.4, 0.5) is 0 Å². The van der Waals surface area contributed by atoms with Crippen molar-refractivity contribution in [1.29, 1.82) is 0 Å². The quantitative estimate of drug-likeness (QED) is 0.0233. The maximum absolute atomic E-state index is 15.0. The summed E-state index contributed by atoms with van der Waals surface area (Å²) in [5, 5.41) is 64.0. The second kappa shape index (κ2) is 50.9. The van der Waals surface area contributed by atoms with Crippen molar-refractivity contribution in [2.45, 2.75) is 250 Å². The van der Waals surface area contributed by atoms with Gasteiger partial charge in [0.05, 0.1) is 38.7 Å². The number of aliphatic hydroxyl groups is 2. The largest absolute Gasteiger partial charge is 0.508 e. The van der Waals surface area contributed by atoms with E-state index in [1.807, 2.05) is 38.1 Å². The number of nitrogens with two attached hydrogens (primary N) is 2. The van der Waals surface area contributed by atoms with Gasteiger partial charge in [0.15, 0.2) is 0 Å². The summed E-state index contributed by atoms with van der Waals surface area (Å²) in [4.78, 5) is 208. The fourth-order valence-electron chi connectivity index (χ4n) is 13.3. The molecular formula is C82H123N21O16. The van der Waals surface area contributed by atoms with Crippen molar-refractivity contribution in [2.24, 2.45) is 29.2 Å². The highest BCUT2D eigenvalue weighted by Crippen LogP contribution is 2.22. The molecule has 4 heterocycles. The molecule has 6 rings (SSSR count). The summed E-state index contributed by atoms with van der Waals surface area (Å²) in [5.74, 6) is -12.6. The van der Waals surface area contributed by atoms with Gasteiger partial charge in [-0.1, -0.05) is 143 Å². The summed E-state index contributed by atoms with van der Waals surface area (Å²) < 4.78 is 0. The predicted molar refractivity (Wildman–Crippen MR) is 441 cm³/mol. The highest BCUT2D eigenvalue weighted by atomic mass is 16.3. The molecule has 0 aliphatic heterocycles. The fraction of sp³-hybridized carbons (Fsp3) is 0.561. The number of carbonyl (C=O) groups is 13. The molecule has 23 N–H and O–H groups in total. The number of hydrogen-bond acceptors (Lipinski definition) is 20. The summed E-state index contributed by atoms with van der Waals surface area (Å²) in [6.45, 7) is 10.2. The second-order valence-electron chi connectivity index (χ2n) is 30.7. The van der Waals surface area contributed by atoms with Crippen molar-refractivity contribution in [3.8, 4) is 5.75 Å². The van der Waals surface area contributed by atoms with Crippen LogP contribution in [-0.4, -0.2) is 220 Å². The number of aromatic hydroxyl groups is 1. The number of amides is 13. The molecule has 0 fully saturated rings. The average molecular weight is 1660 g/mol. The Hall–Kier alpha value is -11.6. The zero-order valence-electron chi connectivity index (χ0n) is 69.1. The number of rotatable bonds is 56. The van der Waals surface area contributed by atoms with Crippen molar-refractivity contribution < 1.29 is 77.6 Å². The van der Waals surface area contributed by atoms with E-state index in [-0.39, 0.29) is 94.2 Å². The molecule has 37 heteroatoms. The maximum atomic E-state index is 15.0. The number of benzene rings is 2. The van der Waals surface area contributed by atoms with E-state index in [1.54, 1.807) is 33.9 Å². The summed E-state index contributed by atoms with van der Waals surface area (Å²) in [6, 6.07) is -3.09. The van der Waals surface area contributed by atoms with Gasteiger partial charge in [-0.3, -0.25) is 62.3 Å². The van der Waals surface area contributed by atoms with Gasteiger partial charge in [0, 0.05) is 91.3 Å². The van der Waals surface area contributed by atoms with E-state index in [0.29, 0.717) is 47.5 Å². The summed E-state index contributed by atoms with van der Waals surface area (Å²) in [7, 11) is 0. The molecule has 0 aliphatic rings. The molecule has 4 aromatic heterocycles. The SMILES string of the molecule is CCCCCCCCCCCC(=O)N[C@H](C(=O)N[C@@H](Cc1c[nH]c2ccccc12)C(=O)NCC(=O)N[C@@H](CCCCN)C(=O)N[C@@H](CO)C(=O)N[C@@H](Cc1ccc(O)cc1)C(=O)N[C@@H](Cc1cnc[nH]1)C(=O)N[C@H](C(=O)N[C@@H](Cc1cnc[nH]1)C(=O)N[C@@H](CO)C(=O)N[C@@H](CC(C)C)C(=O)N[C@@H](Cc1cnc[nH]1)C(N)=O)[C@H](C)CC)C(C)CC. The number of phenols is 1. The first-order valence-corrected chi connectivity index (χ1v) is 41.1. The molecule has 652 valence electrons. The van der Waals surface area contributed by atoms with Gasteiger partial charge in [0.1, 0.15) is 72.2 Å². The Kier molecular flexibility index (Phi) is 41.2. The number of phenolic OH excluding ortho intramolecular Hbond substituents is 1. The number of hydrogen-bond donors (Lipinski definition) is 21. The highest BCUT2D eigenvalue weighted by Gasteiger charge is 2.39. The van der Waals surface area contributed by atoms with Crippen LogP contribution in [0.25, 0.3) is 10.9 Å². The Morgan fingerprint density at radius 1 is 0.429 bits per heavy atom. The Labute approximate surface area is 692 Å². The van der Waals surface area contributed by atoms with Gasteiger partial charge in [-0.15, -0.1) is 0 Å². The van der Waals surface area contributed by atoms with Gasteiger partial charge >= 0.3 is 0 Å². The van der Waals surface area contributed by atoms with Crippen LogP contribution in [0.1, 0.15) is 179 Å². The van der Waals surface area contributed by atoms with Gasteiger partial charge in [0.25, 0.3) is 0 Å². The van der Waals surface area contributed by atoms with Crippen LogP contribution in [0.3, 0.4) is 0 Å². The molecule has 13 atom stereocenters. The smallest absolute Gasteiger partial charge is 0.245 e. The number of primary amides is 1. The summed E-state index contributed by atoms with van der Waals surface area (Å²) in [6.07, 6.45) is 20.1. The van der Waals surface area contributed by atoms with Crippen molar-refractivity contribution in [3.63, 3.8) is 0 Å². The first-order chi connectivity index (χ1) is 57.1. The number of aliphatic hydroxyl groups excluding tert-OH is 2. The molecule has 0 radical (unpaired) electrons. The van der Waals surface area contributed by atoms with Crippen molar-refractivity contribution in [1.82, 2.24) is 98.7 Å². The van der Waals surface area contributed by atoms with Crippen LogP contribution >= 0.6 is 0 Å². The summed E-state index contributed by atoms with van der Waals surface area (Å²) in [5.41, 5.74) is 14.4. The van der Waals surface area contributed by atoms with E-state index in [4.69, 9.17) is 11.5 Å². The van der Waals surface area contributed by atoms with Crippen LogP contribution in [-0.2, 0) is 94.4 Å². The molecule has 1 unspecified atom stereocenters. The standard InChI is InChI=1S/C82H123N21O16/c1-8-11-12-13-14-15-16-17-18-26-68(107)102-70(49(6)9-2)81(118)98-63(34-52-38-88-58-24-20-19-23-57(52)58)73(110)89-42-69(108)93-59(25-21-22-31-83)74(111)100-66(43-104)80(117)96-62(33-51-27-29-56(106)30-28-51)76(113)97-65(37-55-41-87-47-92-55)78(115)103-71(50(7)10-3)82(119)99-64(36-54-40-86-46-91-54)77(114)101-67(44-105)79(116)95-61(32-48(4)5)75(112)94-60(72(84)109)35-53-39-85-45-90-53/h19-20,23-24,27-30,38-41,45-50,59-67,70-71,88,104-106H,8-18,21-22,25-26,31-37,42-44,83H2,1-7H3,(H2,84,109)(H,85,90)(H,86,91)(H,87,92)(H,89,110)(H,93,108)(H,94,112)(H,95,116)(H,96,117)(H,97,113)(H,98,118)(H,99,119)(H,100,111)(H,101,114)(H,102,107)(H,103,115)/t49?,50-,59+,60+,61+,62+,63+,64+,65+,66+,67+,70+,71+/m1/s1. The lowest BCUT2D eigenvalue weighted by Crippen LogP contribution is -2.62. The molecule has 6 aromatic rings. The Morgan fingerprint density at radius 3 is 1.36 bits per heavy atom. The third-order valence-electron chi connectivity index (χ3n) is 20.7. The van der Waals surface area contributed by atoms with E-state index in [2.05, 4.69) is 106 Å². The van der Waals surface area contributed by atoms with E-state index in [0.717, 1.165) is 36.6 Å². The van der Waals surface area contributed by atoms with Crippen molar-refractivity contribution in [2.75, 3.05) is 26.3 Å². The molecule has 0 aliphatic carbocycles. The third-order valence-corrected chi connectivity index (χ3v) is 20.7. The number of nitrogens with zero attached hydrogens (tertiary/aromatic N) is 3. The minimum Gasteiger partial charge on any atom is -0.508 e. The van der Waals surface area contributed by atoms with Crippen LogP contribution in [0, 0.1) is 17.8 Å². The average Bonchev–Trinajstić information content (AvgIpc) is 1.77. The Bertz CT molecular complexity index is 4180. The first kappa shape index (κ1) is 96.2. The minimum atomic E-state index is -1.81. The number of imidazole rings is 3. The van der Waals surface area contributed by atoms with E-state index in [1.165, 1.54) is 87.5 Å². The first-order valence-electron chi connectivity index (χ1n) is 41.1. The monoisotopic (exact) mass is 1660 g/mol. The van der Waals surface area contributed by atoms with Crippen LogP contribution in [0.2, 0.25) is 0 Å². The molecule has 2 aromatic carbocycles. The molecule has 0 spiro atoms. The fourth-order valence-corrected chi connectivity index (χ4v) is 13.3. The molecule has 13 amide bonds. The summed E-state index contributed by atoms with van der Waals surface area (Å²) >= 11 is 0. The minimum absolute atomic E-state index is 0.0381. The number of nitrogens with one attached hydrogen (secondary N) is 16. The topological polar surface area (TPSA) is 581 Å². The molecule has 0 saturated carbocycles. The van der Waals surface area contributed by atoms with Crippen molar-refractivity contribution in [3.05, 3.63) is 121 Å². The number of aromatic nitrogens is 7. The molecule has 119 heavy (non-hydrogen) atoms. The van der Waals surface area contributed by atoms with Gasteiger partial charge < -0.3 is 111 Å². The molecule has 37 nitrogen and oxygen atoms in total. The van der Waals surface area contributed by atoms with Gasteiger partial charge in [-0.25, -0.2) is 15.0 Å². The van der Waals surface area contributed by atoms with Crippen LogP contribution < -0.4 is 75.3 Å². The second-order valence-corrected chi connectivity index (χ2v) is 30.7. The lowest BCUT2D eigenvalue weighted by atomic mass is 9.96. The zero-order valence-corrected chi connectivity index (χ0v) is 69.1. The Morgan fingerprint density at radius 2 is 0.866 bits per heavy atom.